The van der Waals surface area contributed by atoms with E-state index in [9.17, 15) is 9.59 Å². The van der Waals surface area contributed by atoms with Gasteiger partial charge in [0.15, 0.2) is 5.01 Å². The lowest BCUT2D eigenvalue weighted by Gasteiger charge is -2.41. The lowest BCUT2D eigenvalue weighted by Crippen LogP contribution is -2.60. The van der Waals surface area contributed by atoms with E-state index in [4.69, 9.17) is 23.2 Å². The van der Waals surface area contributed by atoms with Crippen molar-refractivity contribution < 1.29 is 9.59 Å². The average Bonchev–Trinajstić information content (AvgIpc) is 3.47. The Morgan fingerprint density at radius 2 is 2.00 bits per heavy atom. The molecule has 2 amide bonds. The Morgan fingerprint density at radius 1 is 1.13 bits per heavy atom. The quantitative estimate of drug-likeness (QED) is 0.595. The first-order valence-electron chi connectivity index (χ1n) is 9.23. The predicted octanol–water partition coefficient (Wildman–Crippen LogP) is 4.16. The maximum atomic E-state index is 13.1. The normalized spacial score (nSPS) is 16.5. The van der Waals surface area contributed by atoms with Crippen LogP contribution in [-0.2, 0) is 11.3 Å². The summed E-state index contributed by atoms with van der Waals surface area (Å²) in [5.41, 5.74) is 0.794. The monoisotopic (exact) mass is 480 g/mol. The Balaban J connectivity index is 1.56. The molecule has 0 unspecified atom stereocenters. The molecule has 6 nitrogen and oxygen atoms in total. The molecule has 1 aliphatic heterocycles. The maximum Gasteiger partial charge on any atom is 0.282 e. The van der Waals surface area contributed by atoms with Crippen molar-refractivity contribution in [2.45, 2.75) is 12.6 Å². The third-order valence-corrected chi connectivity index (χ3v) is 7.21. The summed E-state index contributed by atoms with van der Waals surface area (Å²) in [5.74, 6) is -0.305. The molecule has 4 rings (SSSR count). The number of thiophene rings is 1. The number of amides is 2. The average molecular weight is 481 g/mol. The number of rotatable bonds is 5. The number of anilines is 1. The zero-order chi connectivity index (χ0) is 21.1. The second-order valence-corrected chi connectivity index (χ2v) is 9.43. The van der Waals surface area contributed by atoms with E-state index in [1.54, 1.807) is 39.9 Å². The van der Waals surface area contributed by atoms with Gasteiger partial charge in [-0.15, -0.1) is 22.7 Å². The van der Waals surface area contributed by atoms with Crippen LogP contribution in [0.1, 0.15) is 14.7 Å². The van der Waals surface area contributed by atoms with Crippen LogP contribution in [0.15, 0.2) is 47.3 Å². The predicted molar refractivity (Wildman–Crippen MR) is 122 cm³/mol. The molecule has 10 heteroatoms. The van der Waals surface area contributed by atoms with E-state index >= 15 is 0 Å². The van der Waals surface area contributed by atoms with E-state index in [1.165, 1.54) is 11.3 Å². The minimum absolute atomic E-state index is 0.147. The molecule has 1 atom stereocenters. The van der Waals surface area contributed by atoms with Gasteiger partial charge in [-0.2, -0.15) is 0 Å². The maximum absolute atomic E-state index is 13.1. The van der Waals surface area contributed by atoms with E-state index in [2.05, 4.69) is 10.3 Å². The van der Waals surface area contributed by atoms with Crippen LogP contribution >= 0.6 is 45.9 Å². The van der Waals surface area contributed by atoms with Crippen molar-refractivity contribution in [1.82, 2.24) is 15.2 Å². The van der Waals surface area contributed by atoms with Crippen LogP contribution < -0.4 is 10.2 Å². The number of carbonyl (C=O) groups excluding carboxylic acids is 2. The van der Waals surface area contributed by atoms with Gasteiger partial charge in [0.1, 0.15) is 6.04 Å². The molecule has 0 saturated carbocycles. The van der Waals surface area contributed by atoms with E-state index in [0.29, 0.717) is 34.7 Å². The van der Waals surface area contributed by atoms with Crippen LogP contribution in [0.3, 0.4) is 0 Å². The number of hydrogen-bond acceptors (Lipinski definition) is 6. The number of nitrogens with zero attached hydrogens (tertiary/aromatic N) is 3. The van der Waals surface area contributed by atoms with Gasteiger partial charge in [0.05, 0.1) is 23.1 Å². The highest BCUT2D eigenvalue weighted by Gasteiger charge is 2.35. The molecule has 0 bridgehead atoms. The fourth-order valence-corrected chi connectivity index (χ4v) is 4.87. The first-order valence-corrected chi connectivity index (χ1v) is 11.7. The largest absolute Gasteiger partial charge is 0.356 e. The van der Waals surface area contributed by atoms with Gasteiger partial charge in [0, 0.05) is 35.2 Å². The summed E-state index contributed by atoms with van der Waals surface area (Å²) >= 11 is 15.1. The molecule has 1 aromatic carbocycles. The molecule has 0 radical (unpaired) electrons. The molecule has 1 aliphatic rings. The molecular formula is C20H18Cl2N4O2S2. The van der Waals surface area contributed by atoms with Gasteiger partial charge in [0.2, 0.25) is 5.91 Å². The van der Waals surface area contributed by atoms with Crippen molar-refractivity contribution in [2.75, 3.05) is 24.5 Å². The number of benzene rings is 1. The van der Waals surface area contributed by atoms with Gasteiger partial charge < -0.3 is 15.1 Å². The SMILES string of the molecule is O=C(NCc1cccs1)[C@@H]1CN(C(=O)c2nccs2)CCN1c1ccc(Cl)c(Cl)c1. The highest BCUT2D eigenvalue weighted by Crippen LogP contribution is 2.30. The van der Waals surface area contributed by atoms with Gasteiger partial charge >= 0.3 is 0 Å². The van der Waals surface area contributed by atoms with Gasteiger partial charge in [-0.05, 0) is 29.6 Å². The highest BCUT2D eigenvalue weighted by molar-refractivity contribution is 7.11. The number of nitrogens with one attached hydrogen (secondary N) is 1. The summed E-state index contributed by atoms with van der Waals surface area (Å²) in [5, 5.41) is 8.04. The number of halogens is 2. The lowest BCUT2D eigenvalue weighted by atomic mass is 10.1. The summed E-state index contributed by atoms with van der Waals surface area (Å²) in [6, 6.07) is 8.67. The van der Waals surface area contributed by atoms with E-state index < -0.39 is 6.04 Å². The number of piperazine rings is 1. The number of carbonyl (C=O) groups is 2. The molecule has 1 saturated heterocycles. The fourth-order valence-electron chi connectivity index (χ4n) is 3.33. The van der Waals surface area contributed by atoms with Crippen LogP contribution in [0.2, 0.25) is 10.0 Å². The molecule has 1 N–H and O–H groups in total. The van der Waals surface area contributed by atoms with Gasteiger partial charge in [-0.25, -0.2) is 4.98 Å². The Kier molecular flexibility index (Phi) is 6.58. The molecule has 2 aromatic heterocycles. The lowest BCUT2D eigenvalue weighted by molar-refractivity contribution is -0.123. The van der Waals surface area contributed by atoms with Crippen molar-refractivity contribution in [3.63, 3.8) is 0 Å². The Morgan fingerprint density at radius 3 is 2.70 bits per heavy atom. The summed E-state index contributed by atoms with van der Waals surface area (Å²) in [4.78, 5) is 34.8. The number of hydrogen-bond donors (Lipinski definition) is 1. The Bertz CT molecular complexity index is 1030. The second kappa shape index (κ2) is 9.34. The highest BCUT2D eigenvalue weighted by atomic mass is 35.5. The summed E-state index contributed by atoms with van der Waals surface area (Å²) in [6.45, 7) is 1.68. The third-order valence-electron chi connectivity index (χ3n) is 4.84. The zero-order valence-electron chi connectivity index (χ0n) is 15.8. The van der Waals surface area contributed by atoms with Crippen molar-refractivity contribution in [1.29, 1.82) is 0 Å². The van der Waals surface area contributed by atoms with Crippen molar-refractivity contribution in [2.24, 2.45) is 0 Å². The number of aromatic nitrogens is 1. The standard InChI is InChI=1S/C20H18Cl2N4O2S2/c21-15-4-3-13(10-16(15)22)26-7-6-25(20(28)19-23-5-9-30-19)12-17(26)18(27)24-11-14-2-1-8-29-14/h1-5,8-10,17H,6-7,11-12H2,(H,24,27)/t17-/m0/s1. The van der Waals surface area contributed by atoms with Gasteiger partial charge in [0.25, 0.3) is 5.91 Å². The van der Waals surface area contributed by atoms with Crippen LogP contribution in [0.25, 0.3) is 0 Å². The second-order valence-electron chi connectivity index (χ2n) is 6.69. The van der Waals surface area contributed by atoms with Crippen LogP contribution in [-0.4, -0.2) is 47.4 Å². The molecule has 1 fully saturated rings. The zero-order valence-corrected chi connectivity index (χ0v) is 18.9. The first kappa shape index (κ1) is 21.1. The molecule has 0 aliphatic carbocycles. The van der Waals surface area contributed by atoms with Crippen LogP contribution in [0.4, 0.5) is 5.69 Å². The summed E-state index contributed by atoms with van der Waals surface area (Å²) in [6.07, 6.45) is 1.61. The van der Waals surface area contributed by atoms with Crippen LogP contribution in [0, 0.1) is 0 Å². The molecule has 3 aromatic rings. The third kappa shape index (κ3) is 4.62. The molecule has 3 heterocycles. The Labute approximate surface area is 192 Å². The number of thiazole rings is 1. The van der Waals surface area contributed by atoms with Crippen molar-refractivity contribution >= 4 is 63.4 Å². The molecule has 30 heavy (non-hydrogen) atoms. The Hall–Kier alpha value is -2.13. The van der Waals surface area contributed by atoms with Crippen molar-refractivity contribution in [3.05, 3.63) is 67.2 Å². The molecule has 156 valence electrons. The minimum Gasteiger partial charge on any atom is -0.356 e. The molecule has 0 spiro atoms. The summed E-state index contributed by atoms with van der Waals surface area (Å²) in [7, 11) is 0. The van der Waals surface area contributed by atoms with Crippen LogP contribution in [0.5, 0.6) is 0 Å². The molecular weight excluding hydrogens is 463 g/mol. The van der Waals surface area contributed by atoms with Gasteiger partial charge in [-0.3, -0.25) is 9.59 Å². The topological polar surface area (TPSA) is 65.5 Å². The first-order chi connectivity index (χ1) is 14.5. The minimum atomic E-state index is -0.556. The van der Waals surface area contributed by atoms with E-state index in [1.807, 2.05) is 28.5 Å². The van der Waals surface area contributed by atoms with E-state index in [-0.39, 0.29) is 18.4 Å². The van der Waals surface area contributed by atoms with E-state index in [0.717, 1.165) is 10.6 Å². The van der Waals surface area contributed by atoms with Crippen molar-refractivity contribution in [3.8, 4) is 0 Å². The smallest absolute Gasteiger partial charge is 0.282 e. The fraction of sp³-hybridized carbons (Fsp3) is 0.250. The summed E-state index contributed by atoms with van der Waals surface area (Å²) < 4.78 is 0. The van der Waals surface area contributed by atoms with Gasteiger partial charge in [-0.1, -0.05) is 29.3 Å².